The van der Waals surface area contributed by atoms with E-state index in [0.29, 0.717) is 30.8 Å². The number of halogens is 3. The first-order valence-electron chi connectivity index (χ1n) is 16.4. The fourth-order valence-corrected chi connectivity index (χ4v) is 7.94. The summed E-state index contributed by atoms with van der Waals surface area (Å²) in [6.45, 7) is 5.35. The number of hydrogen-bond acceptors (Lipinski definition) is 8. The van der Waals surface area contributed by atoms with E-state index in [1.165, 1.54) is 12.1 Å². The number of ketones is 1. The molecule has 4 aliphatic rings. The standard InChI is InChI=1S/C36H41ClF2N6OS/c1-22(38)18-25-10-13-31(43-25)34-32-20-26(40-15-16-42-30(12-8-23(2)46)29-6-3-4-14-41-29)21-45(32)36(33-7-5-17-47-33)44-35(34)27-11-9-24(39)19-28(27)37/h3-6,9-11,13-14,17,19,22,25-26,30,33,35,40,42H,7-8,12,15-16,18,20-21H2,1-2H3/t22?,25?,26-,30?,33?,35-/m0/s1. The summed E-state index contributed by atoms with van der Waals surface area (Å²) in [5.41, 5.74) is 4.52. The Kier molecular flexibility index (Phi) is 11.0. The van der Waals surface area contributed by atoms with Gasteiger partial charge < -0.3 is 20.3 Å². The number of thioether (sulfide) groups is 1. The van der Waals surface area contributed by atoms with Crippen LogP contribution in [0.4, 0.5) is 8.78 Å². The van der Waals surface area contributed by atoms with Gasteiger partial charge in [-0.1, -0.05) is 35.9 Å². The van der Waals surface area contributed by atoms with Gasteiger partial charge in [0.15, 0.2) is 0 Å². The SMILES string of the molecule is CC(=O)CCC(NCCN[C@H]1CC2=C(C3=NC(CC(C)F)C=C3)[C@H](c3ccc(F)cc3Cl)N=C(C3CC=CS3)N2C1)c1ccccn1. The van der Waals surface area contributed by atoms with Gasteiger partial charge in [0.2, 0.25) is 0 Å². The van der Waals surface area contributed by atoms with Gasteiger partial charge in [0.05, 0.1) is 28.9 Å². The van der Waals surface area contributed by atoms with Gasteiger partial charge >= 0.3 is 0 Å². The predicted octanol–water partition coefficient (Wildman–Crippen LogP) is 7.09. The molecule has 0 amide bonds. The van der Waals surface area contributed by atoms with Crippen LogP contribution in [0, 0.1) is 5.82 Å². The highest BCUT2D eigenvalue weighted by Crippen LogP contribution is 2.45. The summed E-state index contributed by atoms with van der Waals surface area (Å²) in [6.07, 6.45) is 10.1. The molecule has 0 bridgehead atoms. The Balaban J connectivity index is 1.26. The van der Waals surface area contributed by atoms with Gasteiger partial charge in [-0.15, -0.1) is 11.8 Å². The van der Waals surface area contributed by atoms with Crippen molar-refractivity contribution in [2.75, 3.05) is 19.6 Å². The van der Waals surface area contributed by atoms with Crippen molar-refractivity contribution in [3.8, 4) is 0 Å². The molecule has 4 aliphatic heterocycles. The fraction of sp³-hybridized carbons (Fsp3) is 0.444. The third-order valence-electron chi connectivity index (χ3n) is 8.93. The molecule has 4 unspecified atom stereocenters. The molecule has 0 spiro atoms. The quantitative estimate of drug-likeness (QED) is 0.208. The van der Waals surface area contributed by atoms with Crippen molar-refractivity contribution in [1.29, 1.82) is 0 Å². The lowest BCUT2D eigenvalue weighted by atomic mass is 9.90. The minimum absolute atomic E-state index is 0.00915. The number of hydrogen-bond donors (Lipinski definition) is 2. The van der Waals surface area contributed by atoms with Crippen LogP contribution in [-0.4, -0.2) is 70.4 Å². The van der Waals surface area contributed by atoms with E-state index in [-0.39, 0.29) is 29.2 Å². The molecular formula is C36H41ClF2N6OS. The number of Topliss-reactive ketones (excluding diaryl/α,β-unsaturated/α-hetero) is 1. The summed E-state index contributed by atoms with van der Waals surface area (Å²) in [5.74, 6) is 0.756. The Morgan fingerprint density at radius 1 is 1.21 bits per heavy atom. The zero-order valence-electron chi connectivity index (χ0n) is 26.7. The summed E-state index contributed by atoms with van der Waals surface area (Å²) in [7, 11) is 0. The Morgan fingerprint density at radius 2 is 2.09 bits per heavy atom. The fourth-order valence-electron chi connectivity index (χ4n) is 6.73. The number of allylic oxidation sites excluding steroid dienone is 2. The number of fused-ring (bicyclic) bond motifs is 1. The number of aliphatic imine (C=N–C) groups is 2. The molecule has 5 heterocycles. The van der Waals surface area contributed by atoms with E-state index in [1.807, 2.05) is 30.4 Å². The van der Waals surface area contributed by atoms with Gasteiger partial charge in [-0.2, -0.15) is 0 Å². The largest absolute Gasteiger partial charge is 0.331 e. The molecule has 0 saturated carbocycles. The smallest absolute Gasteiger partial charge is 0.129 e. The van der Waals surface area contributed by atoms with Crippen LogP contribution in [0.2, 0.25) is 5.02 Å². The zero-order chi connectivity index (χ0) is 32.9. The molecule has 6 rings (SSSR count). The van der Waals surface area contributed by atoms with E-state index in [2.05, 4.69) is 32.0 Å². The summed E-state index contributed by atoms with van der Waals surface area (Å²) in [4.78, 5) is 28.9. The van der Waals surface area contributed by atoms with Gasteiger partial charge in [0.1, 0.15) is 23.5 Å². The maximum atomic E-state index is 14.2. The Labute approximate surface area is 284 Å². The summed E-state index contributed by atoms with van der Waals surface area (Å²) in [6, 6.07) is 9.78. The first kappa shape index (κ1) is 33.7. The van der Waals surface area contributed by atoms with Gasteiger partial charge in [0, 0.05) is 79.0 Å². The molecule has 11 heteroatoms. The van der Waals surface area contributed by atoms with Gasteiger partial charge in [0.25, 0.3) is 0 Å². The number of rotatable bonds is 14. The maximum Gasteiger partial charge on any atom is 0.129 e. The lowest BCUT2D eigenvalue weighted by molar-refractivity contribution is -0.117. The third kappa shape index (κ3) is 8.11. The molecule has 6 atom stereocenters. The van der Waals surface area contributed by atoms with Crippen molar-refractivity contribution < 1.29 is 13.6 Å². The molecule has 2 N–H and O–H groups in total. The molecule has 0 aliphatic carbocycles. The normalized spacial score (nSPS) is 24.8. The monoisotopic (exact) mass is 678 g/mol. The molecular weight excluding hydrogens is 638 g/mol. The highest BCUT2D eigenvalue weighted by atomic mass is 35.5. The topological polar surface area (TPSA) is 82.0 Å². The Bertz CT molecular complexity index is 1600. The lowest BCUT2D eigenvalue weighted by Gasteiger charge is -2.35. The number of carbonyl (C=O) groups excluding carboxylic acids is 1. The Morgan fingerprint density at radius 3 is 2.81 bits per heavy atom. The molecule has 248 valence electrons. The second kappa shape index (κ2) is 15.4. The molecule has 1 saturated heterocycles. The number of pyridine rings is 1. The molecule has 1 aromatic heterocycles. The van der Waals surface area contributed by atoms with Gasteiger partial charge in [-0.25, -0.2) is 8.78 Å². The van der Waals surface area contributed by atoms with Crippen molar-refractivity contribution >= 4 is 40.7 Å². The van der Waals surface area contributed by atoms with E-state index in [9.17, 15) is 13.6 Å². The summed E-state index contributed by atoms with van der Waals surface area (Å²) >= 11 is 8.45. The number of nitrogens with one attached hydrogen (secondary N) is 2. The van der Waals surface area contributed by atoms with Crippen molar-refractivity contribution in [1.82, 2.24) is 20.5 Å². The molecule has 1 aromatic carbocycles. The number of carbonyl (C=O) groups is 1. The number of amidine groups is 1. The summed E-state index contributed by atoms with van der Waals surface area (Å²) < 4.78 is 28.2. The van der Waals surface area contributed by atoms with Crippen LogP contribution >= 0.6 is 23.4 Å². The van der Waals surface area contributed by atoms with Crippen LogP contribution < -0.4 is 10.6 Å². The number of aromatic nitrogens is 1. The van der Waals surface area contributed by atoms with Gasteiger partial charge in [-0.05, 0) is 62.4 Å². The molecule has 2 aromatic rings. The van der Waals surface area contributed by atoms with E-state index >= 15 is 0 Å². The van der Waals surface area contributed by atoms with Crippen molar-refractivity contribution in [3.05, 3.63) is 99.6 Å². The highest BCUT2D eigenvalue weighted by Gasteiger charge is 2.42. The molecule has 47 heavy (non-hydrogen) atoms. The second-order valence-electron chi connectivity index (χ2n) is 12.6. The van der Waals surface area contributed by atoms with Crippen molar-refractivity contribution in [3.63, 3.8) is 0 Å². The minimum atomic E-state index is -0.972. The number of nitrogens with zero attached hydrogens (tertiary/aromatic N) is 4. The van der Waals surface area contributed by atoms with Crippen LogP contribution in [0.15, 0.2) is 87.5 Å². The predicted molar refractivity (Wildman–Crippen MR) is 187 cm³/mol. The van der Waals surface area contributed by atoms with E-state index in [4.69, 9.17) is 21.6 Å². The van der Waals surface area contributed by atoms with Crippen molar-refractivity contribution in [2.45, 2.75) is 81.5 Å². The lowest BCUT2D eigenvalue weighted by Crippen LogP contribution is -2.42. The third-order valence-corrected chi connectivity index (χ3v) is 10.3. The average molecular weight is 679 g/mol. The maximum absolute atomic E-state index is 14.2. The number of benzene rings is 1. The first-order chi connectivity index (χ1) is 22.8. The Hall–Kier alpha value is -3.18. The first-order valence-corrected chi connectivity index (χ1v) is 17.7. The average Bonchev–Trinajstić information content (AvgIpc) is 3.82. The molecule has 1 fully saturated rings. The van der Waals surface area contributed by atoms with E-state index in [1.54, 1.807) is 37.9 Å². The van der Waals surface area contributed by atoms with E-state index in [0.717, 1.165) is 60.0 Å². The van der Waals surface area contributed by atoms with E-state index < -0.39 is 18.0 Å². The van der Waals surface area contributed by atoms with Crippen LogP contribution in [0.25, 0.3) is 0 Å². The zero-order valence-corrected chi connectivity index (χ0v) is 28.3. The van der Waals surface area contributed by atoms with Crippen LogP contribution in [0.1, 0.15) is 69.3 Å². The van der Waals surface area contributed by atoms with Crippen LogP contribution in [0.5, 0.6) is 0 Å². The highest BCUT2D eigenvalue weighted by molar-refractivity contribution is 8.03. The summed E-state index contributed by atoms with van der Waals surface area (Å²) in [5, 5.41) is 9.97. The molecule has 0 radical (unpaired) electrons. The second-order valence-corrected chi connectivity index (χ2v) is 14.1. The van der Waals surface area contributed by atoms with Gasteiger partial charge in [-0.3, -0.25) is 15.0 Å². The van der Waals surface area contributed by atoms with Crippen LogP contribution in [-0.2, 0) is 4.79 Å². The minimum Gasteiger partial charge on any atom is -0.331 e. The van der Waals surface area contributed by atoms with Crippen molar-refractivity contribution in [2.24, 2.45) is 9.98 Å². The molecule has 7 nitrogen and oxygen atoms in total. The number of alkyl halides is 1. The van der Waals surface area contributed by atoms with Crippen LogP contribution in [0.3, 0.4) is 0 Å².